The molecular formula is C31H31N9O2S. The van der Waals surface area contributed by atoms with Crippen molar-refractivity contribution in [1.82, 2.24) is 40.3 Å². The predicted molar refractivity (Wildman–Crippen MR) is 166 cm³/mol. The van der Waals surface area contributed by atoms with E-state index in [1.165, 1.54) is 11.3 Å². The molecule has 0 saturated carbocycles. The minimum absolute atomic E-state index is 0.0136. The quantitative estimate of drug-likeness (QED) is 0.295. The Bertz CT molecular complexity index is 1710. The second kappa shape index (κ2) is 11.9. The average Bonchev–Trinajstić information content (AvgIpc) is 3.79. The van der Waals surface area contributed by atoms with Crippen molar-refractivity contribution >= 4 is 39.1 Å². The first kappa shape index (κ1) is 27.2. The van der Waals surface area contributed by atoms with Crippen LogP contribution in [0, 0.1) is 0 Å². The molecule has 2 fully saturated rings. The zero-order valence-electron chi connectivity index (χ0n) is 23.5. The Kier molecular flexibility index (Phi) is 7.52. The number of nitrogens with one attached hydrogen (secondary N) is 2. The van der Waals surface area contributed by atoms with Gasteiger partial charge in [0.05, 0.1) is 11.4 Å². The van der Waals surface area contributed by atoms with E-state index in [1.807, 2.05) is 41.3 Å². The van der Waals surface area contributed by atoms with Gasteiger partial charge in [0.1, 0.15) is 10.5 Å². The molecule has 11 nitrogen and oxygen atoms in total. The number of carbonyl (C=O) groups excluding carboxylic acids is 2. The Morgan fingerprint density at radius 1 is 0.930 bits per heavy atom. The lowest BCUT2D eigenvalue weighted by molar-refractivity contribution is -0.132. The number of aromatic amines is 1. The number of aromatic nitrogens is 5. The molecule has 4 aromatic heterocycles. The third kappa shape index (κ3) is 5.84. The Labute approximate surface area is 252 Å². The highest BCUT2D eigenvalue weighted by molar-refractivity contribution is 7.20. The molecule has 1 aromatic carbocycles. The third-order valence-corrected chi connectivity index (χ3v) is 9.13. The van der Waals surface area contributed by atoms with Gasteiger partial charge in [-0.2, -0.15) is 5.10 Å². The van der Waals surface area contributed by atoms with Crippen molar-refractivity contribution < 1.29 is 9.59 Å². The fourth-order valence-corrected chi connectivity index (χ4v) is 6.69. The van der Waals surface area contributed by atoms with Gasteiger partial charge in [-0.25, -0.2) is 9.97 Å². The number of thiophene rings is 1. The van der Waals surface area contributed by atoms with Crippen molar-refractivity contribution in [2.45, 2.75) is 12.5 Å². The Morgan fingerprint density at radius 2 is 1.70 bits per heavy atom. The summed E-state index contributed by atoms with van der Waals surface area (Å²) in [7, 11) is 0. The Balaban J connectivity index is 0.885. The van der Waals surface area contributed by atoms with Crippen LogP contribution in [0.4, 0.5) is 5.69 Å². The Hall–Kier alpha value is -4.68. The van der Waals surface area contributed by atoms with Gasteiger partial charge in [0.25, 0.3) is 5.91 Å². The maximum atomic E-state index is 13.1. The number of nitrogens with zero attached hydrogens (tertiary/aromatic N) is 7. The van der Waals surface area contributed by atoms with Crippen LogP contribution in [-0.2, 0) is 4.79 Å². The molecule has 2 N–H and O–H groups in total. The smallest absolute Gasteiger partial charge is 0.261 e. The van der Waals surface area contributed by atoms with E-state index in [0.29, 0.717) is 36.9 Å². The van der Waals surface area contributed by atoms with Crippen molar-refractivity contribution in [3.8, 4) is 22.6 Å². The van der Waals surface area contributed by atoms with Gasteiger partial charge in [0.2, 0.25) is 5.91 Å². The van der Waals surface area contributed by atoms with E-state index in [2.05, 4.69) is 52.4 Å². The van der Waals surface area contributed by atoms with Crippen LogP contribution in [-0.4, -0.2) is 98.6 Å². The first-order valence-corrected chi connectivity index (χ1v) is 15.2. The number of piperazine rings is 1. The van der Waals surface area contributed by atoms with Crippen LogP contribution >= 0.6 is 11.3 Å². The maximum absolute atomic E-state index is 13.1. The summed E-state index contributed by atoms with van der Waals surface area (Å²) in [6.07, 6.45) is 7.77. The van der Waals surface area contributed by atoms with Gasteiger partial charge in [-0.05, 0) is 55.0 Å². The van der Waals surface area contributed by atoms with E-state index < -0.39 is 0 Å². The lowest BCUT2D eigenvalue weighted by Gasteiger charge is -2.36. The molecule has 43 heavy (non-hydrogen) atoms. The zero-order valence-corrected chi connectivity index (χ0v) is 24.3. The molecule has 2 amide bonds. The van der Waals surface area contributed by atoms with E-state index >= 15 is 0 Å². The highest BCUT2D eigenvalue weighted by Crippen LogP contribution is 2.32. The summed E-state index contributed by atoms with van der Waals surface area (Å²) in [5.74, 6) is 0.770. The molecule has 7 rings (SSSR count). The fourth-order valence-electron chi connectivity index (χ4n) is 5.78. The summed E-state index contributed by atoms with van der Waals surface area (Å²) in [5.41, 5.74) is 3.89. The van der Waals surface area contributed by atoms with E-state index in [0.717, 1.165) is 58.8 Å². The molecule has 0 spiro atoms. The molecule has 1 atom stereocenters. The second-order valence-electron chi connectivity index (χ2n) is 10.8. The van der Waals surface area contributed by atoms with Gasteiger partial charge in [0, 0.05) is 92.3 Å². The lowest BCUT2D eigenvalue weighted by Crippen LogP contribution is -2.51. The fraction of sp³-hybridized carbons (Fsp3) is 0.290. The average molecular weight is 594 g/mol. The minimum Gasteiger partial charge on any atom is -0.368 e. The van der Waals surface area contributed by atoms with Crippen molar-refractivity contribution in [3.05, 3.63) is 78.2 Å². The lowest BCUT2D eigenvalue weighted by atomic mass is 10.1. The molecule has 0 aliphatic carbocycles. The van der Waals surface area contributed by atoms with Crippen LogP contribution in [0.1, 0.15) is 16.1 Å². The van der Waals surface area contributed by atoms with Gasteiger partial charge in [-0.3, -0.25) is 24.6 Å². The van der Waals surface area contributed by atoms with Gasteiger partial charge >= 0.3 is 0 Å². The molecular weight excluding hydrogens is 562 g/mol. The van der Waals surface area contributed by atoms with Gasteiger partial charge in [0.15, 0.2) is 5.82 Å². The molecule has 2 saturated heterocycles. The van der Waals surface area contributed by atoms with Crippen LogP contribution in [0.3, 0.4) is 0 Å². The molecule has 6 heterocycles. The number of pyridine rings is 1. The van der Waals surface area contributed by atoms with Crippen molar-refractivity contribution in [2.75, 3.05) is 50.7 Å². The Morgan fingerprint density at radius 3 is 2.47 bits per heavy atom. The normalized spacial score (nSPS) is 17.4. The predicted octanol–water partition coefficient (Wildman–Crippen LogP) is 3.30. The van der Waals surface area contributed by atoms with Crippen LogP contribution in [0.15, 0.2) is 73.3 Å². The number of benzene rings is 1. The monoisotopic (exact) mass is 593 g/mol. The maximum Gasteiger partial charge on any atom is 0.261 e. The topological polar surface area (TPSA) is 123 Å². The van der Waals surface area contributed by atoms with E-state index in [9.17, 15) is 9.59 Å². The summed E-state index contributed by atoms with van der Waals surface area (Å²) in [6.45, 7) is 4.80. The highest BCUT2D eigenvalue weighted by Gasteiger charge is 2.29. The number of anilines is 1. The number of likely N-dealkylation sites (tertiary alicyclic amines) is 1. The number of hydrogen-bond acceptors (Lipinski definition) is 9. The molecule has 2 aliphatic heterocycles. The molecule has 5 aromatic rings. The summed E-state index contributed by atoms with van der Waals surface area (Å²) in [5, 5.41) is 11.6. The molecule has 0 radical (unpaired) electrons. The van der Waals surface area contributed by atoms with Gasteiger partial charge in [-0.15, -0.1) is 11.3 Å². The molecule has 2 aliphatic rings. The van der Waals surface area contributed by atoms with E-state index in [1.54, 1.807) is 24.8 Å². The largest absolute Gasteiger partial charge is 0.368 e. The number of amides is 2. The van der Waals surface area contributed by atoms with Crippen LogP contribution in [0.2, 0.25) is 0 Å². The third-order valence-electron chi connectivity index (χ3n) is 8.09. The first-order valence-electron chi connectivity index (χ1n) is 14.4. The second-order valence-corrected chi connectivity index (χ2v) is 11.9. The molecule has 12 heteroatoms. The summed E-state index contributed by atoms with van der Waals surface area (Å²) in [4.78, 5) is 46.8. The van der Waals surface area contributed by atoms with Crippen molar-refractivity contribution in [2.24, 2.45) is 0 Å². The van der Waals surface area contributed by atoms with Crippen molar-refractivity contribution in [3.63, 3.8) is 0 Å². The number of H-pyrrole nitrogens is 1. The minimum atomic E-state index is -0.0890. The zero-order chi connectivity index (χ0) is 29.2. The summed E-state index contributed by atoms with van der Waals surface area (Å²) >= 11 is 1.40. The van der Waals surface area contributed by atoms with Crippen LogP contribution in [0.25, 0.3) is 32.9 Å². The van der Waals surface area contributed by atoms with E-state index in [4.69, 9.17) is 0 Å². The number of hydrogen-bond donors (Lipinski definition) is 2. The van der Waals surface area contributed by atoms with Crippen LogP contribution < -0.4 is 10.2 Å². The number of fused-ring (bicyclic) bond motifs is 1. The number of carbonyl (C=O) groups is 2. The SMILES string of the molecule is O=C(N[C@H]1CCN(CC(=O)N2CCN(c3ccc(-c4ncccn4)cc3)CC2)C1)c1cc2c(-c3ccncc3)n[nH]c2s1. The standard InChI is InChI=1S/C31H31N9O2S/c41-27(40-16-14-39(15-17-40)24-4-2-22(3-5-24)29-33-9-1-10-34-29)20-38-13-8-23(19-38)35-30(42)26-18-25-28(36-37-31(25)43-26)21-6-11-32-12-7-21/h1-7,9-12,18,23H,8,13-17,19-20H2,(H,35,42)(H,36,37)/t23-/m0/s1. The van der Waals surface area contributed by atoms with Crippen LogP contribution in [0.5, 0.6) is 0 Å². The van der Waals surface area contributed by atoms with Crippen molar-refractivity contribution in [1.29, 1.82) is 0 Å². The summed E-state index contributed by atoms with van der Waals surface area (Å²) in [6, 6.07) is 15.8. The first-order chi connectivity index (χ1) is 21.1. The number of rotatable bonds is 7. The van der Waals surface area contributed by atoms with Gasteiger partial charge < -0.3 is 15.1 Å². The van der Waals surface area contributed by atoms with Gasteiger partial charge in [-0.1, -0.05) is 0 Å². The molecule has 0 bridgehead atoms. The molecule has 0 unspecified atom stereocenters. The molecule has 218 valence electrons. The summed E-state index contributed by atoms with van der Waals surface area (Å²) < 4.78 is 0. The highest BCUT2D eigenvalue weighted by atomic mass is 32.1. The van der Waals surface area contributed by atoms with E-state index in [-0.39, 0.29) is 17.9 Å².